The fourth-order valence-corrected chi connectivity index (χ4v) is 4.25. The minimum atomic E-state index is -0.203. The van der Waals surface area contributed by atoms with Crippen LogP contribution < -0.4 is 0 Å². The summed E-state index contributed by atoms with van der Waals surface area (Å²) in [4.78, 5) is 17.2. The number of piperidine rings is 1. The maximum absolute atomic E-state index is 13.1. The Bertz CT molecular complexity index is 535. The predicted molar refractivity (Wildman–Crippen MR) is 89.6 cm³/mol. The summed E-state index contributed by atoms with van der Waals surface area (Å²) in [6, 6.07) is 7.68. The van der Waals surface area contributed by atoms with E-state index >= 15 is 0 Å². The molecule has 0 radical (unpaired) electrons. The smallest absolute Gasteiger partial charge is 0.237 e. The highest BCUT2D eigenvalue weighted by atomic mass is 19.1. The molecule has 0 saturated carbocycles. The Hall–Kier alpha value is -1.42. The van der Waals surface area contributed by atoms with E-state index in [0.29, 0.717) is 18.6 Å². The first kappa shape index (κ1) is 16.4. The van der Waals surface area contributed by atoms with E-state index in [2.05, 4.69) is 23.6 Å². The van der Waals surface area contributed by atoms with Crippen LogP contribution in [0, 0.1) is 5.82 Å². The molecule has 1 aromatic carbocycles. The number of carbonyl (C=O) groups is 1. The van der Waals surface area contributed by atoms with Gasteiger partial charge in [-0.25, -0.2) is 4.39 Å². The number of hydrogen-bond donors (Lipinski definition) is 0. The number of halogens is 1. The lowest BCUT2D eigenvalue weighted by Gasteiger charge is -2.40. The van der Waals surface area contributed by atoms with Crippen LogP contribution >= 0.6 is 0 Å². The third kappa shape index (κ3) is 3.57. The third-order valence-corrected chi connectivity index (χ3v) is 5.44. The molecule has 23 heavy (non-hydrogen) atoms. The van der Waals surface area contributed by atoms with Crippen molar-refractivity contribution in [1.82, 2.24) is 9.80 Å². The number of benzene rings is 1. The Kier molecular flexibility index (Phi) is 5.00. The van der Waals surface area contributed by atoms with E-state index in [-0.39, 0.29) is 17.8 Å². The number of hydrogen-bond acceptors (Lipinski definition) is 2. The van der Waals surface area contributed by atoms with Crippen LogP contribution in [0.2, 0.25) is 0 Å². The van der Waals surface area contributed by atoms with E-state index in [9.17, 15) is 9.18 Å². The number of rotatable bonds is 3. The topological polar surface area (TPSA) is 23.6 Å². The Morgan fingerprint density at radius 2 is 1.74 bits per heavy atom. The van der Waals surface area contributed by atoms with Gasteiger partial charge in [-0.2, -0.15) is 0 Å². The molecule has 2 heterocycles. The first-order valence-electron chi connectivity index (χ1n) is 8.87. The van der Waals surface area contributed by atoms with Crippen molar-refractivity contribution in [2.75, 3.05) is 13.1 Å². The van der Waals surface area contributed by atoms with Gasteiger partial charge in [0.2, 0.25) is 5.91 Å². The second-order valence-electron chi connectivity index (χ2n) is 7.11. The second kappa shape index (κ2) is 7.00. The first-order chi connectivity index (χ1) is 11.1. The van der Waals surface area contributed by atoms with E-state index in [1.165, 1.54) is 18.6 Å². The standard InChI is InChI=1S/C19H27FN2O/c1-14-5-3-6-15(2)22(14)19(23)13-21-12-4-7-18(21)16-8-10-17(20)11-9-16/h8-11,14-15,18H,3-7,12-13H2,1-2H3/t14-,15+,18-/m1/s1. The summed E-state index contributed by atoms with van der Waals surface area (Å²) in [5.41, 5.74) is 1.12. The van der Waals surface area contributed by atoms with Crippen molar-refractivity contribution in [2.24, 2.45) is 0 Å². The Morgan fingerprint density at radius 1 is 1.09 bits per heavy atom. The average molecular weight is 318 g/mol. The van der Waals surface area contributed by atoms with Crippen molar-refractivity contribution >= 4 is 5.91 Å². The molecule has 2 saturated heterocycles. The van der Waals surface area contributed by atoms with Gasteiger partial charge < -0.3 is 4.90 Å². The van der Waals surface area contributed by atoms with Crippen LogP contribution in [-0.2, 0) is 4.79 Å². The molecule has 2 aliphatic rings. The minimum absolute atomic E-state index is 0.203. The van der Waals surface area contributed by atoms with Crippen LogP contribution in [0.4, 0.5) is 4.39 Å². The lowest BCUT2D eigenvalue weighted by atomic mass is 9.97. The van der Waals surface area contributed by atoms with E-state index in [1.807, 2.05) is 12.1 Å². The van der Waals surface area contributed by atoms with Crippen LogP contribution in [-0.4, -0.2) is 40.9 Å². The van der Waals surface area contributed by atoms with Crippen LogP contribution in [0.15, 0.2) is 24.3 Å². The van der Waals surface area contributed by atoms with Crippen molar-refractivity contribution < 1.29 is 9.18 Å². The van der Waals surface area contributed by atoms with E-state index in [0.717, 1.165) is 37.8 Å². The fraction of sp³-hybridized carbons (Fsp3) is 0.632. The number of amides is 1. The van der Waals surface area contributed by atoms with Crippen molar-refractivity contribution in [3.05, 3.63) is 35.6 Å². The van der Waals surface area contributed by atoms with Gasteiger partial charge in [0, 0.05) is 18.1 Å². The first-order valence-corrected chi connectivity index (χ1v) is 8.87. The summed E-state index contributed by atoms with van der Waals surface area (Å²) in [6.45, 7) is 5.76. The summed E-state index contributed by atoms with van der Waals surface area (Å²) >= 11 is 0. The molecule has 2 fully saturated rings. The molecule has 1 amide bonds. The van der Waals surface area contributed by atoms with Crippen LogP contribution in [0.3, 0.4) is 0 Å². The molecular formula is C19H27FN2O. The SMILES string of the molecule is C[C@@H]1CCC[C@H](C)N1C(=O)CN1CCC[C@@H]1c1ccc(F)cc1. The largest absolute Gasteiger partial charge is 0.336 e. The summed E-state index contributed by atoms with van der Waals surface area (Å²) in [5.74, 6) is 0.0454. The molecule has 3 rings (SSSR count). The zero-order chi connectivity index (χ0) is 16.4. The zero-order valence-electron chi connectivity index (χ0n) is 14.2. The Morgan fingerprint density at radius 3 is 2.39 bits per heavy atom. The minimum Gasteiger partial charge on any atom is -0.336 e. The van der Waals surface area contributed by atoms with Gasteiger partial charge >= 0.3 is 0 Å². The van der Waals surface area contributed by atoms with Gasteiger partial charge in [0.05, 0.1) is 6.54 Å². The molecule has 3 atom stereocenters. The highest BCUT2D eigenvalue weighted by Crippen LogP contribution is 2.32. The molecule has 0 unspecified atom stereocenters. The Balaban J connectivity index is 1.68. The maximum atomic E-state index is 13.1. The molecule has 2 aliphatic heterocycles. The van der Waals surface area contributed by atoms with E-state index in [1.54, 1.807) is 0 Å². The van der Waals surface area contributed by atoms with Crippen molar-refractivity contribution in [3.63, 3.8) is 0 Å². The summed E-state index contributed by atoms with van der Waals surface area (Å²) in [5, 5.41) is 0. The monoisotopic (exact) mass is 318 g/mol. The van der Waals surface area contributed by atoms with Crippen molar-refractivity contribution in [2.45, 2.75) is 64.1 Å². The van der Waals surface area contributed by atoms with Gasteiger partial charge in [-0.05, 0) is 70.2 Å². The van der Waals surface area contributed by atoms with Crippen LogP contribution in [0.25, 0.3) is 0 Å². The summed E-state index contributed by atoms with van der Waals surface area (Å²) in [7, 11) is 0. The lowest BCUT2D eigenvalue weighted by molar-refractivity contribution is -0.138. The Labute approximate surface area is 138 Å². The maximum Gasteiger partial charge on any atom is 0.237 e. The number of carbonyl (C=O) groups excluding carboxylic acids is 1. The molecule has 0 bridgehead atoms. The van der Waals surface area contributed by atoms with Crippen molar-refractivity contribution in [1.29, 1.82) is 0 Å². The van der Waals surface area contributed by atoms with Gasteiger partial charge in [0.25, 0.3) is 0 Å². The molecule has 0 aliphatic carbocycles. The van der Waals surface area contributed by atoms with Gasteiger partial charge in [0.15, 0.2) is 0 Å². The van der Waals surface area contributed by atoms with Crippen LogP contribution in [0.1, 0.15) is 57.6 Å². The third-order valence-electron chi connectivity index (χ3n) is 5.44. The molecule has 0 N–H and O–H groups in total. The molecule has 3 nitrogen and oxygen atoms in total. The van der Waals surface area contributed by atoms with Gasteiger partial charge in [0.1, 0.15) is 5.82 Å². The normalized spacial score (nSPS) is 29.0. The van der Waals surface area contributed by atoms with Gasteiger partial charge in [-0.3, -0.25) is 9.69 Å². The van der Waals surface area contributed by atoms with Gasteiger partial charge in [-0.15, -0.1) is 0 Å². The van der Waals surface area contributed by atoms with E-state index < -0.39 is 0 Å². The lowest BCUT2D eigenvalue weighted by Crippen LogP contribution is -2.51. The predicted octanol–water partition coefficient (Wildman–Crippen LogP) is 3.75. The fourth-order valence-electron chi connectivity index (χ4n) is 4.25. The summed E-state index contributed by atoms with van der Waals surface area (Å²) < 4.78 is 13.1. The highest BCUT2D eigenvalue weighted by Gasteiger charge is 2.33. The van der Waals surface area contributed by atoms with E-state index in [4.69, 9.17) is 0 Å². The van der Waals surface area contributed by atoms with Gasteiger partial charge in [-0.1, -0.05) is 12.1 Å². The summed E-state index contributed by atoms with van der Waals surface area (Å²) in [6.07, 6.45) is 5.58. The average Bonchev–Trinajstić information content (AvgIpc) is 2.96. The van der Waals surface area contributed by atoms with Crippen molar-refractivity contribution in [3.8, 4) is 0 Å². The quantitative estimate of drug-likeness (QED) is 0.847. The number of likely N-dealkylation sites (tertiary alicyclic amines) is 2. The molecular weight excluding hydrogens is 291 g/mol. The highest BCUT2D eigenvalue weighted by molar-refractivity contribution is 5.79. The second-order valence-corrected chi connectivity index (χ2v) is 7.11. The molecule has 0 aromatic heterocycles. The molecule has 126 valence electrons. The zero-order valence-corrected chi connectivity index (χ0v) is 14.2. The van der Waals surface area contributed by atoms with Crippen LogP contribution in [0.5, 0.6) is 0 Å². The molecule has 0 spiro atoms. The number of nitrogens with zero attached hydrogens (tertiary/aromatic N) is 2. The molecule has 1 aromatic rings. The molecule has 4 heteroatoms.